The third-order valence-corrected chi connectivity index (χ3v) is 7.87. The number of carbonyl (C=O) groups excluding carboxylic acids is 2. The zero-order valence-corrected chi connectivity index (χ0v) is 24.7. The third kappa shape index (κ3) is 8.08. The monoisotopic (exact) mass is 674 g/mol. The van der Waals surface area contributed by atoms with Gasteiger partial charge in [-0.15, -0.1) is 0 Å². The summed E-state index contributed by atoms with van der Waals surface area (Å²) >= 11 is 0. The Hall–Kier alpha value is -2.19. The molecular weight excluding hydrogens is 632 g/mol. The highest BCUT2D eigenvalue weighted by atomic mass is 16.8. The minimum Gasteiger partial charge on any atom is -0.477 e. The van der Waals surface area contributed by atoms with Crippen molar-refractivity contribution in [2.24, 2.45) is 0 Å². The first kappa shape index (κ1) is 38.3. The van der Waals surface area contributed by atoms with E-state index in [0.717, 1.165) is 13.8 Å². The lowest BCUT2D eigenvalue weighted by molar-refractivity contribution is -0.382. The Bertz CT molecular complexity index is 1050. The van der Waals surface area contributed by atoms with Gasteiger partial charge in [0.2, 0.25) is 11.8 Å². The van der Waals surface area contributed by atoms with E-state index < -0.39 is 142 Å². The summed E-state index contributed by atoms with van der Waals surface area (Å²) in [6.07, 6.45) is -25.7. The topological polar surface area (TPSA) is 344 Å². The SMILES string of the molecule is CC(=O)N[C@@H]1[C@@H](O)[C@H](O[C@@H]2O[C@H](CO)[C@H](O)[C@H](O[C@]3(C(=O)O)C[C@H](O)[C@@H](NC(C)=O)[C@H]([C@H](O)[C@H](O)CO)O3)[C@H]2O)[C@@H](CO)O[C@@H]1O. The molecule has 3 rings (SSSR count). The standard InChI is InChI=1S/C25H42N2O19/c1-7(31)26-13-9(33)3-25(24(40)41,45-20(13)15(35)10(34)4-28)46-21-16(36)11(5-29)43-23(18(21)38)44-19-12(6-30)42-22(39)14(17(19)37)27-8(2)32/h9-23,28-30,33-39H,3-6H2,1-2H3,(H,26,31)(H,27,32)(H,40,41)/t9-,10+,11+,12+,13+,14+,15+,16-,17+,18+,19+,20+,21-,22-,23-,25-/m0/s1. The molecule has 0 radical (unpaired) electrons. The fourth-order valence-corrected chi connectivity index (χ4v) is 5.57. The quantitative estimate of drug-likeness (QED) is 0.0913. The Labute approximate surface area is 260 Å². The van der Waals surface area contributed by atoms with Gasteiger partial charge in [0.1, 0.15) is 67.1 Å². The van der Waals surface area contributed by atoms with Crippen molar-refractivity contribution in [3.05, 3.63) is 0 Å². The van der Waals surface area contributed by atoms with E-state index in [1.807, 2.05) is 0 Å². The van der Waals surface area contributed by atoms with E-state index in [1.54, 1.807) is 0 Å². The van der Waals surface area contributed by atoms with E-state index in [9.17, 15) is 70.6 Å². The molecule has 3 heterocycles. The first-order valence-corrected chi connectivity index (χ1v) is 14.2. The molecule has 0 bridgehead atoms. The van der Waals surface area contributed by atoms with Crippen molar-refractivity contribution in [2.75, 3.05) is 19.8 Å². The molecule has 3 aliphatic rings. The van der Waals surface area contributed by atoms with Crippen LogP contribution >= 0.6 is 0 Å². The Morgan fingerprint density at radius 1 is 0.848 bits per heavy atom. The van der Waals surface area contributed by atoms with Crippen molar-refractivity contribution in [1.29, 1.82) is 0 Å². The number of rotatable bonds is 12. The molecule has 3 saturated heterocycles. The number of aliphatic hydroxyl groups excluding tert-OH is 10. The van der Waals surface area contributed by atoms with Gasteiger partial charge in [0.05, 0.1) is 32.0 Å². The van der Waals surface area contributed by atoms with Gasteiger partial charge in [-0.3, -0.25) is 9.59 Å². The average molecular weight is 675 g/mol. The molecule has 0 aliphatic carbocycles. The molecule has 0 aromatic carbocycles. The number of carboxylic acids is 1. The van der Waals surface area contributed by atoms with Crippen LogP contribution in [0, 0.1) is 0 Å². The third-order valence-electron chi connectivity index (χ3n) is 7.87. The fourth-order valence-electron chi connectivity index (χ4n) is 5.57. The highest BCUT2D eigenvalue weighted by Gasteiger charge is 2.60. The van der Waals surface area contributed by atoms with Crippen LogP contribution in [0.3, 0.4) is 0 Å². The lowest BCUT2D eigenvalue weighted by atomic mass is 9.88. The predicted molar refractivity (Wildman–Crippen MR) is 142 cm³/mol. The van der Waals surface area contributed by atoms with Gasteiger partial charge in [-0.1, -0.05) is 0 Å². The van der Waals surface area contributed by atoms with Crippen molar-refractivity contribution in [2.45, 2.75) is 118 Å². The molecule has 266 valence electrons. The number of hydrogen-bond acceptors (Lipinski definition) is 18. The largest absolute Gasteiger partial charge is 0.477 e. The highest BCUT2D eigenvalue weighted by molar-refractivity contribution is 5.76. The van der Waals surface area contributed by atoms with Crippen LogP contribution < -0.4 is 10.6 Å². The second-order valence-corrected chi connectivity index (χ2v) is 11.2. The van der Waals surface area contributed by atoms with Gasteiger partial charge in [0, 0.05) is 20.3 Å². The summed E-state index contributed by atoms with van der Waals surface area (Å²) in [5, 5.41) is 118. The first-order valence-electron chi connectivity index (χ1n) is 14.2. The van der Waals surface area contributed by atoms with Gasteiger partial charge in [-0.25, -0.2) is 4.79 Å². The molecule has 0 aromatic rings. The second-order valence-electron chi connectivity index (χ2n) is 11.2. The van der Waals surface area contributed by atoms with Crippen molar-refractivity contribution < 1.29 is 94.2 Å². The van der Waals surface area contributed by atoms with Crippen LogP contribution in [-0.4, -0.2) is 191 Å². The maximum Gasteiger partial charge on any atom is 0.364 e. The van der Waals surface area contributed by atoms with Gasteiger partial charge in [-0.05, 0) is 0 Å². The molecule has 0 aromatic heterocycles. The fraction of sp³-hybridized carbons (Fsp3) is 0.880. The minimum absolute atomic E-state index is 0.692. The van der Waals surface area contributed by atoms with Crippen LogP contribution in [-0.2, 0) is 38.1 Å². The van der Waals surface area contributed by atoms with E-state index in [4.69, 9.17) is 23.7 Å². The number of nitrogens with one attached hydrogen (secondary N) is 2. The van der Waals surface area contributed by atoms with Gasteiger partial charge in [-0.2, -0.15) is 0 Å². The van der Waals surface area contributed by atoms with Crippen molar-refractivity contribution in [3.63, 3.8) is 0 Å². The van der Waals surface area contributed by atoms with E-state index in [1.165, 1.54) is 0 Å². The number of amides is 2. The summed E-state index contributed by atoms with van der Waals surface area (Å²) < 4.78 is 27.4. The van der Waals surface area contributed by atoms with E-state index in [2.05, 4.69) is 10.6 Å². The molecule has 46 heavy (non-hydrogen) atoms. The number of aliphatic carboxylic acids is 1. The summed E-state index contributed by atoms with van der Waals surface area (Å²) in [6, 6.07) is -3.05. The summed E-state index contributed by atoms with van der Waals surface area (Å²) in [5.41, 5.74) is 0. The highest BCUT2D eigenvalue weighted by Crippen LogP contribution is 2.38. The number of carboxylic acid groups (broad SMARTS) is 1. The molecule has 3 aliphatic heterocycles. The lowest BCUT2D eigenvalue weighted by Crippen LogP contribution is -2.71. The second kappa shape index (κ2) is 15.8. The van der Waals surface area contributed by atoms with E-state index >= 15 is 0 Å². The van der Waals surface area contributed by atoms with Crippen LogP contribution in [0.4, 0.5) is 0 Å². The van der Waals surface area contributed by atoms with Crippen LogP contribution in [0.15, 0.2) is 0 Å². The van der Waals surface area contributed by atoms with E-state index in [-0.39, 0.29) is 0 Å². The molecule has 16 atom stereocenters. The zero-order valence-electron chi connectivity index (χ0n) is 24.7. The molecule has 0 spiro atoms. The Balaban J connectivity index is 1.95. The van der Waals surface area contributed by atoms with E-state index in [0.29, 0.717) is 0 Å². The van der Waals surface area contributed by atoms with Gasteiger partial charge >= 0.3 is 5.97 Å². The lowest BCUT2D eigenvalue weighted by Gasteiger charge is -2.50. The summed E-state index contributed by atoms with van der Waals surface area (Å²) in [7, 11) is 0. The molecule has 2 amide bonds. The van der Waals surface area contributed by atoms with Gasteiger partial charge < -0.3 is 90.5 Å². The van der Waals surface area contributed by atoms with Crippen LogP contribution in [0.2, 0.25) is 0 Å². The molecule has 0 saturated carbocycles. The summed E-state index contributed by atoms with van der Waals surface area (Å²) in [4.78, 5) is 36.0. The Morgan fingerprint density at radius 3 is 1.96 bits per heavy atom. The maximum atomic E-state index is 12.6. The smallest absolute Gasteiger partial charge is 0.364 e. The van der Waals surface area contributed by atoms with Crippen molar-refractivity contribution in [1.82, 2.24) is 10.6 Å². The van der Waals surface area contributed by atoms with Gasteiger partial charge in [0.15, 0.2) is 12.6 Å². The number of hydrogen-bond donors (Lipinski definition) is 13. The van der Waals surface area contributed by atoms with Crippen LogP contribution in [0.5, 0.6) is 0 Å². The Kier molecular flexibility index (Phi) is 13.1. The number of aliphatic hydroxyl groups is 10. The predicted octanol–water partition coefficient (Wildman–Crippen LogP) is -8.08. The zero-order chi connectivity index (χ0) is 34.7. The summed E-state index contributed by atoms with van der Waals surface area (Å²) in [6.45, 7) is -0.789. The number of carbonyl (C=O) groups is 3. The maximum absolute atomic E-state index is 12.6. The number of ether oxygens (including phenoxy) is 5. The normalized spacial score (nSPS) is 42.9. The summed E-state index contributed by atoms with van der Waals surface area (Å²) in [5.74, 6) is -6.46. The Morgan fingerprint density at radius 2 is 1.43 bits per heavy atom. The minimum atomic E-state index is -3.04. The molecule has 21 nitrogen and oxygen atoms in total. The van der Waals surface area contributed by atoms with Crippen LogP contribution in [0.25, 0.3) is 0 Å². The molecule has 0 unspecified atom stereocenters. The van der Waals surface area contributed by atoms with Crippen molar-refractivity contribution in [3.8, 4) is 0 Å². The van der Waals surface area contributed by atoms with Crippen LogP contribution in [0.1, 0.15) is 20.3 Å². The molecule has 3 fully saturated rings. The molecule has 21 heteroatoms. The molecule has 13 N–H and O–H groups in total. The molecular formula is C25H42N2O19. The van der Waals surface area contributed by atoms with Crippen molar-refractivity contribution >= 4 is 17.8 Å². The average Bonchev–Trinajstić information content (AvgIpc) is 2.99. The van der Waals surface area contributed by atoms with Gasteiger partial charge in [0.25, 0.3) is 5.79 Å². The first-order chi connectivity index (χ1) is 21.5.